The Labute approximate surface area is 110 Å². The van der Waals surface area contributed by atoms with Gasteiger partial charge in [-0.15, -0.1) is 0 Å². The van der Waals surface area contributed by atoms with E-state index in [-0.39, 0.29) is 32.8 Å². The Morgan fingerprint density at radius 3 is 2.11 bits per heavy atom. The van der Waals surface area contributed by atoms with E-state index in [1.807, 2.05) is 0 Å². The van der Waals surface area contributed by atoms with Gasteiger partial charge in [0, 0.05) is 0 Å². The van der Waals surface area contributed by atoms with Crippen LogP contribution in [-0.4, -0.2) is 48.6 Å². The maximum atomic E-state index is 11.4. The number of carbonyl (C=O) groups excluding carboxylic acids is 2. The Morgan fingerprint density at radius 2 is 1.53 bits per heavy atom. The second-order valence-corrected chi connectivity index (χ2v) is 3.68. The lowest BCUT2D eigenvalue weighted by molar-refractivity contribution is -0.143. The van der Waals surface area contributed by atoms with E-state index in [0.717, 1.165) is 0 Å². The Morgan fingerprint density at radius 1 is 0.947 bits per heavy atom. The fourth-order valence-electron chi connectivity index (χ4n) is 1.36. The number of benzene rings is 1. The Hall–Kier alpha value is -1.92. The van der Waals surface area contributed by atoms with Crippen molar-refractivity contribution in [3.63, 3.8) is 0 Å². The maximum absolute atomic E-state index is 11.4. The van der Waals surface area contributed by atoms with Gasteiger partial charge < -0.3 is 19.7 Å². The molecule has 0 unspecified atom stereocenters. The van der Waals surface area contributed by atoms with E-state index in [4.69, 9.17) is 19.7 Å². The third-order valence-electron chi connectivity index (χ3n) is 2.22. The molecular weight excluding hydrogens is 252 g/mol. The molecule has 1 rings (SSSR count). The van der Waals surface area contributed by atoms with Gasteiger partial charge in [0.2, 0.25) is 0 Å². The van der Waals surface area contributed by atoms with E-state index in [0.29, 0.717) is 11.1 Å². The molecule has 6 heteroatoms. The summed E-state index contributed by atoms with van der Waals surface area (Å²) in [5.41, 5.74) is 1.04. The average Bonchev–Trinajstić information content (AvgIpc) is 2.43. The molecule has 104 valence electrons. The van der Waals surface area contributed by atoms with Gasteiger partial charge in [0.15, 0.2) is 0 Å². The summed E-state index contributed by atoms with van der Waals surface area (Å²) in [6.45, 7) is -0.500. The van der Waals surface area contributed by atoms with Crippen LogP contribution in [0.25, 0.3) is 0 Å². The van der Waals surface area contributed by atoms with Gasteiger partial charge in [0.25, 0.3) is 0 Å². The number of aliphatic hydroxyl groups is 2. The highest BCUT2D eigenvalue weighted by atomic mass is 16.5. The van der Waals surface area contributed by atoms with E-state index in [9.17, 15) is 9.59 Å². The molecule has 0 heterocycles. The van der Waals surface area contributed by atoms with Crippen LogP contribution in [0.2, 0.25) is 0 Å². The zero-order valence-electron chi connectivity index (χ0n) is 10.4. The molecule has 0 bridgehead atoms. The predicted molar refractivity (Wildman–Crippen MR) is 65.6 cm³/mol. The normalized spacial score (nSPS) is 10.0. The number of aliphatic hydroxyl groups excluding tert-OH is 2. The molecule has 0 saturated carbocycles. The van der Waals surface area contributed by atoms with Gasteiger partial charge in [-0.05, 0) is 17.7 Å². The van der Waals surface area contributed by atoms with Crippen molar-refractivity contribution in [1.29, 1.82) is 0 Å². The van der Waals surface area contributed by atoms with E-state index in [1.165, 1.54) is 12.1 Å². The number of hydrogen-bond donors (Lipinski definition) is 2. The second kappa shape index (κ2) is 8.23. The molecule has 0 spiro atoms. The van der Waals surface area contributed by atoms with Crippen LogP contribution in [0.1, 0.15) is 15.9 Å². The van der Waals surface area contributed by atoms with Gasteiger partial charge in [-0.3, -0.25) is 4.79 Å². The molecule has 0 aromatic heterocycles. The zero-order chi connectivity index (χ0) is 14.1. The second-order valence-electron chi connectivity index (χ2n) is 3.68. The summed E-state index contributed by atoms with van der Waals surface area (Å²) in [6.07, 6.45) is 0.0754. The van der Waals surface area contributed by atoms with Crippen LogP contribution in [-0.2, 0) is 20.7 Å². The number of ether oxygens (including phenoxy) is 2. The Bertz CT molecular complexity index is 412. The van der Waals surface area contributed by atoms with Crippen molar-refractivity contribution < 1.29 is 29.3 Å². The SMILES string of the molecule is O=C(Cc1ccc(C(=O)OCCO)cc1)OCCO. The summed E-state index contributed by atoms with van der Waals surface area (Å²) in [4.78, 5) is 22.7. The van der Waals surface area contributed by atoms with E-state index < -0.39 is 11.9 Å². The van der Waals surface area contributed by atoms with Crippen LogP contribution in [0.15, 0.2) is 24.3 Å². The van der Waals surface area contributed by atoms with Crippen LogP contribution in [0.5, 0.6) is 0 Å². The fraction of sp³-hybridized carbons (Fsp3) is 0.385. The van der Waals surface area contributed by atoms with Crippen molar-refractivity contribution in [2.45, 2.75) is 6.42 Å². The molecule has 6 nitrogen and oxygen atoms in total. The lowest BCUT2D eigenvalue weighted by atomic mass is 10.1. The zero-order valence-corrected chi connectivity index (χ0v) is 10.4. The minimum absolute atomic E-state index is 0.0234. The van der Waals surface area contributed by atoms with Crippen LogP contribution in [0.4, 0.5) is 0 Å². The monoisotopic (exact) mass is 268 g/mol. The summed E-state index contributed by atoms with van der Waals surface area (Å²) in [5, 5.41) is 17.0. The first-order chi connectivity index (χ1) is 9.17. The Kier molecular flexibility index (Phi) is 6.56. The summed E-state index contributed by atoms with van der Waals surface area (Å²) in [5.74, 6) is -0.965. The molecule has 0 radical (unpaired) electrons. The highest BCUT2D eigenvalue weighted by Crippen LogP contribution is 2.07. The first kappa shape index (κ1) is 15.1. The molecule has 0 fully saturated rings. The molecule has 0 aliphatic rings. The van der Waals surface area contributed by atoms with Gasteiger partial charge in [-0.25, -0.2) is 4.79 Å². The Balaban J connectivity index is 2.51. The van der Waals surface area contributed by atoms with Gasteiger partial charge in [-0.1, -0.05) is 12.1 Å². The maximum Gasteiger partial charge on any atom is 0.338 e. The largest absolute Gasteiger partial charge is 0.463 e. The molecule has 0 amide bonds. The summed E-state index contributed by atoms with van der Waals surface area (Å²) < 4.78 is 9.46. The van der Waals surface area contributed by atoms with Crippen molar-refractivity contribution in [1.82, 2.24) is 0 Å². The highest BCUT2D eigenvalue weighted by Gasteiger charge is 2.08. The predicted octanol–water partition coefficient (Wildman–Crippen LogP) is -0.0863. The number of carbonyl (C=O) groups is 2. The summed E-state index contributed by atoms with van der Waals surface area (Å²) in [7, 11) is 0. The van der Waals surface area contributed by atoms with Gasteiger partial charge in [0.05, 0.1) is 25.2 Å². The molecule has 0 aliphatic carbocycles. The number of esters is 2. The molecule has 2 N–H and O–H groups in total. The van der Waals surface area contributed by atoms with E-state index in [1.54, 1.807) is 12.1 Å². The van der Waals surface area contributed by atoms with E-state index >= 15 is 0 Å². The molecule has 1 aromatic carbocycles. The summed E-state index contributed by atoms with van der Waals surface area (Å²) >= 11 is 0. The van der Waals surface area contributed by atoms with Crippen molar-refractivity contribution in [3.05, 3.63) is 35.4 Å². The number of rotatable bonds is 7. The molecular formula is C13H16O6. The van der Waals surface area contributed by atoms with Crippen LogP contribution in [0, 0.1) is 0 Å². The molecule has 0 saturated heterocycles. The quantitative estimate of drug-likeness (QED) is 0.671. The standard InChI is InChI=1S/C13H16O6/c14-5-7-18-12(16)9-10-1-3-11(4-2-10)13(17)19-8-6-15/h1-4,14-15H,5-9H2. The van der Waals surface area contributed by atoms with Crippen molar-refractivity contribution >= 4 is 11.9 Å². The van der Waals surface area contributed by atoms with Crippen molar-refractivity contribution in [2.24, 2.45) is 0 Å². The lowest BCUT2D eigenvalue weighted by Crippen LogP contribution is -2.11. The van der Waals surface area contributed by atoms with Crippen molar-refractivity contribution in [3.8, 4) is 0 Å². The third-order valence-corrected chi connectivity index (χ3v) is 2.22. The molecule has 19 heavy (non-hydrogen) atoms. The van der Waals surface area contributed by atoms with Crippen molar-refractivity contribution in [2.75, 3.05) is 26.4 Å². The molecule has 1 aromatic rings. The highest BCUT2D eigenvalue weighted by molar-refractivity contribution is 5.89. The minimum atomic E-state index is -0.525. The molecule has 0 atom stereocenters. The first-order valence-corrected chi connectivity index (χ1v) is 5.80. The van der Waals surface area contributed by atoms with Gasteiger partial charge in [-0.2, -0.15) is 0 Å². The first-order valence-electron chi connectivity index (χ1n) is 5.80. The van der Waals surface area contributed by atoms with Gasteiger partial charge >= 0.3 is 11.9 Å². The fourth-order valence-corrected chi connectivity index (χ4v) is 1.36. The lowest BCUT2D eigenvalue weighted by Gasteiger charge is -2.05. The molecule has 0 aliphatic heterocycles. The van der Waals surface area contributed by atoms with E-state index in [2.05, 4.69) is 0 Å². The smallest absolute Gasteiger partial charge is 0.338 e. The summed E-state index contributed by atoms with van der Waals surface area (Å²) in [6, 6.07) is 6.31. The topological polar surface area (TPSA) is 93.1 Å². The third kappa shape index (κ3) is 5.50. The van der Waals surface area contributed by atoms with Crippen LogP contribution < -0.4 is 0 Å². The minimum Gasteiger partial charge on any atom is -0.463 e. The van der Waals surface area contributed by atoms with Crippen LogP contribution >= 0.6 is 0 Å². The number of hydrogen-bond acceptors (Lipinski definition) is 6. The van der Waals surface area contributed by atoms with Crippen LogP contribution in [0.3, 0.4) is 0 Å². The average molecular weight is 268 g/mol. The van der Waals surface area contributed by atoms with Gasteiger partial charge in [0.1, 0.15) is 13.2 Å².